The predicted octanol–water partition coefficient (Wildman–Crippen LogP) is 2.41. The van der Waals surface area contributed by atoms with Crippen molar-refractivity contribution < 1.29 is 9.47 Å². The van der Waals surface area contributed by atoms with Gasteiger partial charge >= 0.3 is 0 Å². The Balaban J connectivity index is 2.54. The molecule has 1 aromatic rings. The normalized spacial score (nSPS) is 10.0. The van der Waals surface area contributed by atoms with Crippen molar-refractivity contribution in [2.45, 2.75) is 6.42 Å². The van der Waals surface area contributed by atoms with Gasteiger partial charge in [-0.1, -0.05) is 0 Å². The van der Waals surface area contributed by atoms with Crippen LogP contribution < -0.4 is 15.2 Å². The highest BCUT2D eigenvalue weighted by Crippen LogP contribution is 2.28. The molecule has 0 fully saturated rings. The van der Waals surface area contributed by atoms with Crippen LogP contribution in [0.25, 0.3) is 0 Å². The van der Waals surface area contributed by atoms with Gasteiger partial charge in [0.05, 0.1) is 13.7 Å². The minimum Gasteiger partial charge on any atom is -0.493 e. The molecule has 0 aliphatic rings. The van der Waals surface area contributed by atoms with Gasteiger partial charge in [0, 0.05) is 11.8 Å². The molecule has 1 rings (SSSR count). The second kappa shape index (κ2) is 6.45. The fourth-order valence-corrected chi connectivity index (χ4v) is 1.60. The molecule has 0 aromatic heterocycles. The highest BCUT2D eigenvalue weighted by atomic mass is 32.2. The molecule has 15 heavy (non-hydrogen) atoms. The van der Waals surface area contributed by atoms with Crippen LogP contribution in [0.4, 0.5) is 5.69 Å². The Bertz CT molecular complexity index is 305. The number of nitrogens with two attached hydrogens (primary N) is 1. The van der Waals surface area contributed by atoms with E-state index < -0.39 is 0 Å². The zero-order chi connectivity index (χ0) is 11.1. The molecule has 0 aliphatic heterocycles. The van der Waals surface area contributed by atoms with Crippen LogP contribution in [-0.4, -0.2) is 25.7 Å². The molecular formula is C11H17NO2S. The average molecular weight is 227 g/mol. The van der Waals surface area contributed by atoms with Gasteiger partial charge in [-0.25, -0.2) is 0 Å². The zero-order valence-electron chi connectivity index (χ0n) is 9.16. The average Bonchev–Trinajstić information content (AvgIpc) is 2.25. The number of ether oxygens (including phenoxy) is 2. The summed E-state index contributed by atoms with van der Waals surface area (Å²) in [6.45, 7) is 0.695. The fourth-order valence-electron chi connectivity index (χ4n) is 1.19. The quantitative estimate of drug-likeness (QED) is 0.598. The Morgan fingerprint density at radius 3 is 2.80 bits per heavy atom. The first-order chi connectivity index (χ1) is 7.27. The van der Waals surface area contributed by atoms with Crippen molar-refractivity contribution in [1.82, 2.24) is 0 Å². The van der Waals surface area contributed by atoms with E-state index in [1.54, 1.807) is 19.2 Å². The van der Waals surface area contributed by atoms with E-state index >= 15 is 0 Å². The van der Waals surface area contributed by atoms with E-state index in [1.807, 2.05) is 17.8 Å². The molecule has 0 heterocycles. The maximum absolute atomic E-state index is 5.67. The molecule has 1 aromatic carbocycles. The number of nitrogen functional groups attached to an aromatic ring is 1. The molecular weight excluding hydrogens is 210 g/mol. The largest absolute Gasteiger partial charge is 0.493 e. The summed E-state index contributed by atoms with van der Waals surface area (Å²) in [6.07, 6.45) is 3.11. The number of rotatable bonds is 6. The van der Waals surface area contributed by atoms with Crippen molar-refractivity contribution in [2.24, 2.45) is 0 Å². The lowest BCUT2D eigenvalue weighted by Crippen LogP contribution is -2.01. The molecule has 0 unspecified atom stereocenters. The number of hydrogen-bond donors (Lipinski definition) is 1. The van der Waals surface area contributed by atoms with Gasteiger partial charge < -0.3 is 15.2 Å². The Kier molecular flexibility index (Phi) is 5.18. The van der Waals surface area contributed by atoms with E-state index in [1.165, 1.54) is 0 Å². The van der Waals surface area contributed by atoms with Gasteiger partial charge in [0.25, 0.3) is 0 Å². The molecule has 4 heteroatoms. The van der Waals surface area contributed by atoms with Crippen LogP contribution in [0.3, 0.4) is 0 Å². The number of anilines is 1. The third-order valence-electron chi connectivity index (χ3n) is 1.94. The third kappa shape index (κ3) is 3.91. The van der Waals surface area contributed by atoms with E-state index in [4.69, 9.17) is 15.2 Å². The van der Waals surface area contributed by atoms with Crippen LogP contribution in [0.1, 0.15) is 6.42 Å². The Morgan fingerprint density at radius 2 is 2.13 bits per heavy atom. The minimum atomic E-state index is 0.690. The highest BCUT2D eigenvalue weighted by molar-refractivity contribution is 7.98. The van der Waals surface area contributed by atoms with Gasteiger partial charge in [0.1, 0.15) is 0 Å². The van der Waals surface area contributed by atoms with Crippen molar-refractivity contribution in [2.75, 3.05) is 31.5 Å². The molecule has 3 nitrogen and oxygen atoms in total. The first-order valence-electron chi connectivity index (χ1n) is 4.83. The molecule has 0 saturated carbocycles. The highest BCUT2D eigenvalue weighted by Gasteiger charge is 2.03. The summed E-state index contributed by atoms with van der Waals surface area (Å²) in [5.41, 5.74) is 6.36. The van der Waals surface area contributed by atoms with Gasteiger partial charge in [0.15, 0.2) is 11.5 Å². The number of thioether (sulfide) groups is 1. The van der Waals surface area contributed by atoms with Crippen LogP contribution in [0.5, 0.6) is 11.5 Å². The number of hydrogen-bond acceptors (Lipinski definition) is 4. The van der Waals surface area contributed by atoms with Gasteiger partial charge in [-0.05, 0) is 30.6 Å². The van der Waals surface area contributed by atoms with Gasteiger partial charge in [0.2, 0.25) is 0 Å². The van der Waals surface area contributed by atoms with Crippen LogP contribution in [-0.2, 0) is 0 Å². The van der Waals surface area contributed by atoms with Crippen LogP contribution in [0.15, 0.2) is 18.2 Å². The summed E-state index contributed by atoms with van der Waals surface area (Å²) in [7, 11) is 1.63. The molecule has 0 bridgehead atoms. The van der Waals surface area contributed by atoms with Gasteiger partial charge in [-0.2, -0.15) is 11.8 Å². The summed E-state index contributed by atoms with van der Waals surface area (Å²) in [5.74, 6) is 2.55. The molecule has 0 spiro atoms. The van der Waals surface area contributed by atoms with Gasteiger partial charge in [-0.15, -0.1) is 0 Å². The van der Waals surface area contributed by atoms with Crippen molar-refractivity contribution in [3.05, 3.63) is 18.2 Å². The molecule has 84 valence electrons. The smallest absolute Gasteiger partial charge is 0.163 e. The second-order valence-corrected chi connectivity index (χ2v) is 4.09. The Hall–Kier alpha value is -1.03. The number of benzene rings is 1. The summed E-state index contributed by atoms with van der Waals surface area (Å²) >= 11 is 1.81. The molecule has 0 aliphatic carbocycles. The SMILES string of the molecule is COc1ccc(N)cc1OCCCSC. The van der Waals surface area contributed by atoms with E-state index in [0.717, 1.165) is 23.7 Å². The summed E-state index contributed by atoms with van der Waals surface area (Å²) < 4.78 is 10.8. The molecule has 0 saturated heterocycles. The van der Waals surface area contributed by atoms with Crippen molar-refractivity contribution in [3.63, 3.8) is 0 Å². The lowest BCUT2D eigenvalue weighted by Gasteiger charge is -2.10. The van der Waals surface area contributed by atoms with Gasteiger partial charge in [-0.3, -0.25) is 0 Å². The van der Waals surface area contributed by atoms with E-state index in [9.17, 15) is 0 Å². The summed E-state index contributed by atoms with van der Waals surface area (Å²) in [4.78, 5) is 0. The van der Waals surface area contributed by atoms with E-state index in [0.29, 0.717) is 12.3 Å². The van der Waals surface area contributed by atoms with Crippen LogP contribution in [0.2, 0.25) is 0 Å². The van der Waals surface area contributed by atoms with E-state index in [2.05, 4.69) is 6.26 Å². The van der Waals surface area contributed by atoms with Crippen molar-refractivity contribution in [3.8, 4) is 11.5 Å². The maximum atomic E-state index is 5.67. The second-order valence-electron chi connectivity index (χ2n) is 3.11. The first-order valence-corrected chi connectivity index (χ1v) is 6.22. The Labute approximate surface area is 94.9 Å². The lowest BCUT2D eigenvalue weighted by atomic mass is 10.3. The van der Waals surface area contributed by atoms with Crippen LogP contribution >= 0.6 is 11.8 Å². The lowest BCUT2D eigenvalue weighted by molar-refractivity contribution is 0.295. The predicted molar refractivity (Wildman–Crippen MR) is 65.9 cm³/mol. The summed E-state index contributed by atoms with van der Waals surface area (Å²) in [5, 5.41) is 0. The molecule has 0 radical (unpaired) electrons. The number of methoxy groups -OCH3 is 1. The Morgan fingerprint density at radius 1 is 1.33 bits per heavy atom. The zero-order valence-corrected chi connectivity index (χ0v) is 9.97. The molecule has 2 N–H and O–H groups in total. The fraction of sp³-hybridized carbons (Fsp3) is 0.455. The third-order valence-corrected chi connectivity index (χ3v) is 2.63. The van der Waals surface area contributed by atoms with E-state index in [-0.39, 0.29) is 0 Å². The summed E-state index contributed by atoms with van der Waals surface area (Å²) in [6, 6.07) is 5.41. The molecule has 0 atom stereocenters. The topological polar surface area (TPSA) is 44.5 Å². The minimum absolute atomic E-state index is 0.690. The van der Waals surface area contributed by atoms with Crippen molar-refractivity contribution in [1.29, 1.82) is 0 Å². The molecule has 0 amide bonds. The maximum Gasteiger partial charge on any atom is 0.163 e. The standard InChI is InChI=1S/C11H17NO2S/c1-13-10-5-4-9(12)8-11(10)14-6-3-7-15-2/h4-5,8H,3,6-7,12H2,1-2H3. The first kappa shape index (κ1) is 12.0. The van der Waals surface area contributed by atoms with Crippen molar-refractivity contribution >= 4 is 17.4 Å². The van der Waals surface area contributed by atoms with Crippen LogP contribution in [0, 0.1) is 0 Å². The monoisotopic (exact) mass is 227 g/mol.